The Morgan fingerprint density at radius 2 is 1.76 bits per heavy atom. The van der Waals surface area contributed by atoms with Crippen molar-refractivity contribution in [1.82, 2.24) is 9.38 Å². The summed E-state index contributed by atoms with van der Waals surface area (Å²) in [5.74, 6) is -0.523. The van der Waals surface area contributed by atoms with Crippen LogP contribution in [0.15, 0.2) is 68.0 Å². The number of fused-ring (bicyclic) bond motifs is 1. The number of anilines is 1. The van der Waals surface area contributed by atoms with Gasteiger partial charge in [-0.15, -0.1) is 15.7 Å². The number of hydrogen-bond donors (Lipinski definition) is 3. The van der Waals surface area contributed by atoms with Gasteiger partial charge in [-0.2, -0.15) is 8.42 Å². The smallest absolute Gasteiger partial charge is 0.285 e. The molecule has 2 aromatic heterocycles. The van der Waals surface area contributed by atoms with Gasteiger partial charge in [0.1, 0.15) is 0 Å². The second-order valence-electron chi connectivity index (χ2n) is 7.78. The first-order valence-electron chi connectivity index (χ1n) is 10.4. The van der Waals surface area contributed by atoms with Crippen LogP contribution in [-0.2, 0) is 16.4 Å². The molecule has 0 radical (unpaired) electrons. The summed E-state index contributed by atoms with van der Waals surface area (Å²) in [5.41, 5.74) is 15.2. The Kier molecular flexibility index (Phi) is 6.40. The van der Waals surface area contributed by atoms with Gasteiger partial charge in [-0.05, 0) is 50.1 Å². The number of nitrogens with one attached hydrogen (secondary N) is 1. The molecule has 0 bridgehead atoms. The van der Waals surface area contributed by atoms with Crippen LogP contribution in [0, 0.1) is 13.8 Å². The average Bonchev–Trinajstić information content (AvgIpc) is 3.20. The van der Waals surface area contributed by atoms with Crippen molar-refractivity contribution in [1.29, 1.82) is 0 Å². The summed E-state index contributed by atoms with van der Waals surface area (Å²) >= 11 is 1.44. The predicted octanol–water partition coefficient (Wildman–Crippen LogP) is 2.66. The van der Waals surface area contributed by atoms with Crippen molar-refractivity contribution < 1.29 is 8.42 Å². The monoisotopic (exact) mass is 496 g/mol. The highest BCUT2D eigenvalue weighted by Gasteiger charge is 2.16. The second-order valence-corrected chi connectivity index (χ2v) is 10.2. The lowest BCUT2D eigenvalue weighted by molar-refractivity contribution is 0.598. The molecule has 11 heteroatoms. The average molecular weight is 497 g/mol. The van der Waals surface area contributed by atoms with Crippen molar-refractivity contribution in [3.05, 3.63) is 81.1 Å². The number of rotatable bonds is 7. The van der Waals surface area contributed by atoms with E-state index in [4.69, 9.17) is 11.5 Å². The maximum atomic E-state index is 13.4. The van der Waals surface area contributed by atoms with Gasteiger partial charge in [0, 0.05) is 28.9 Å². The lowest BCUT2D eigenvalue weighted by Gasteiger charge is -2.10. The molecule has 4 rings (SSSR count). The number of aryl methyl sites for hydroxylation is 2. The largest absolute Gasteiger partial charge is 0.385 e. The van der Waals surface area contributed by atoms with Crippen molar-refractivity contribution in [3.8, 4) is 11.3 Å². The molecule has 2 heterocycles. The van der Waals surface area contributed by atoms with Gasteiger partial charge in [0.15, 0.2) is 4.96 Å². The van der Waals surface area contributed by atoms with Crippen LogP contribution < -0.4 is 22.3 Å². The maximum Gasteiger partial charge on any atom is 0.285 e. The number of hydrogen-bond acceptors (Lipinski definition) is 6. The van der Waals surface area contributed by atoms with E-state index in [9.17, 15) is 13.2 Å². The van der Waals surface area contributed by atoms with Crippen LogP contribution in [0.3, 0.4) is 0 Å². The molecular weight excluding hydrogens is 472 g/mol. The number of thiazole rings is 1. The molecule has 0 saturated heterocycles. The van der Waals surface area contributed by atoms with Gasteiger partial charge in [-0.25, -0.2) is 4.98 Å². The van der Waals surface area contributed by atoms with E-state index in [1.165, 1.54) is 23.5 Å². The highest BCUT2D eigenvalue weighted by atomic mass is 32.2. The molecule has 5 N–H and O–H groups in total. The Bertz CT molecular complexity index is 1530. The summed E-state index contributed by atoms with van der Waals surface area (Å²) < 4.78 is 29.0. The Morgan fingerprint density at radius 1 is 1.09 bits per heavy atom. The van der Waals surface area contributed by atoms with Crippen LogP contribution in [0.4, 0.5) is 5.69 Å². The molecule has 2 aromatic carbocycles. The summed E-state index contributed by atoms with van der Waals surface area (Å²) in [6.45, 7) is 4.33. The third-order valence-electron chi connectivity index (χ3n) is 5.30. The zero-order valence-electron chi connectivity index (χ0n) is 18.6. The normalized spacial score (nSPS) is 11.5. The molecule has 0 fully saturated rings. The van der Waals surface area contributed by atoms with Crippen LogP contribution in [0.5, 0.6) is 0 Å². The maximum absolute atomic E-state index is 13.4. The first kappa shape index (κ1) is 23.5. The number of nitrogens with two attached hydrogens (primary N) is 2. The molecule has 0 spiro atoms. The molecular formula is C23H24N6O3S2. The SMILES string of the molecule is Cc1ccc(-c2csc3nc(C)c(CCNc4ccc(S(=O)(=O)N=C(N)N)cc4)c(=O)n23)cc1. The fourth-order valence-corrected chi connectivity index (χ4v) is 5.37. The van der Waals surface area contributed by atoms with Gasteiger partial charge in [0.05, 0.1) is 10.6 Å². The molecule has 4 aromatic rings. The molecule has 0 unspecified atom stereocenters. The van der Waals surface area contributed by atoms with E-state index in [0.29, 0.717) is 34.9 Å². The topological polar surface area (TPSA) is 145 Å². The lowest BCUT2D eigenvalue weighted by atomic mass is 10.1. The summed E-state index contributed by atoms with van der Waals surface area (Å²) in [6, 6.07) is 14.1. The van der Waals surface area contributed by atoms with Gasteiger partial charge >= 0.3 is 0 Å². The first-order valence-corrected chi connectivity index (χ1v) is 12.7. The zero-order chi connectivity index (χ0) is 24.5. The third kappa shape index (κ3) is 4.80. The molecule has 176 valence electrons. The highest BCUT2D eigenvalue weighted by molar-refractivity contribution is 7.90. The van der Waals surface area contributed by atoms with Gasteiger partial charge in [0.2, 0.25) is 5.96 Å². The number of nitrogens with zero attached hydrogens (tertiary/aromatic N) is 3. The van der Waals surface area contributed by atoms with E-state index in [1.807, 2.05) is 43.5 Å². The van der Waals surface area contributed by atoms with E-state index < -0.39 is 16.0 Å². The Hall–Kier alpha value is -3.70. The minimum absolute atomic E-state index is 0.0173. The quantitative estimate of drug-likeness (QED) is 0.263. The molecule has 0 saturated carbocycles. The molecule has 34 heavy (non-hydrogen) atoms. The van der Waals surface area contributed by atoms with Crippen LogP contribution in [0.25, 0.3) is 16.2 Å². The van der Waals surface area contributed by atoms with Crippen LogP contribution in [0.2, 0.25) is 0 Å². The predicted molar refractivity (Wildman–Crippen MR) is 136 cm³/mol. The molecule has 0 aliphatic heterocycles. The van der Waals surface area contributed by atoms with Crippen molar-refractivity contribution in [3.63, 3.8) is 0 Å². The molecule has 0 amide bonds. The van der Waals surface area contributed by atoms with Gasteiger partial charge < -0.3 is 16.8 Å². The van der Waals surface area contributed by atoms with Crippen LogP contribution in [-0.4, -0.2) is 30.3 Å². The first-order chi connectivity index (χ1) is 16.2. The molecule has 0 aliphatic carbocycles. The fourth-order valence-electron chi connectivity index (χ4n) is 3.57. The standard InChI is InChI=1S/C23H24N6O3S2/c1-14-3-5-16(6-4-14)20-13-33-23-27-15(2)19(21(30)29(20)23)11-12-26-17-7-9-18(10-8-17)34(31,32)28-22(24)25/h3-10,13,26H,11-12H2,1-2H3,(H4,24,25,28). The Balaban J connectivity index is 1.54. The Morgan fingerprint density at radius 3 is 2.41 bits per heavy atom. The number of aromatic nitrogens is 2. The molecule has 0 aliphatic rings. The summed E-state index contributed by atoms with van der Waals surface area (Å²) in [5, 5.41) is 5.16. The molecule has 9 nitrogen and oxygen atoms in total. The van der Waals surface area contributed by atoms with E-state index >= 15 is 0 Å². The van der Waals surface area contributed by atoms with E-state index in [2.05, 4.69) is 14.7 Å². The lowest BCUT2D eigenvalue weighted by Crippen LogP contribution is -2.24. The summed E-state index contributed by atoms with van der Waals surface area (Å²) in [6.07, 6.45) is 0.456. The number of guanidine groups is 1. The summed E-state index contributed by atoms with van der Waals surface area (Å²) in [7, 11) is -3.94. The summed E-state index contributed by atoms with van der Waals surface area (Å²) in [4.78, 5) is 18.6. The number of sulfonamides is 1. The van der Waals surface area contributed by atoms with Crippen molar-refractivity contribution in [2.24, 2.45) is 15.9 Å². The van der Waals surface area contributed by atoms with E-state index in [-0.39, 0.29) is 10.5 Å². The van der Waals surface area contributed by atoms with Gasteiger partial charge in [-0.3, -0.25) is 9.20 Å². The molecule has 0 atom stereocenters. The van der Waals surface area contributed by atoms with E-state index in [1.54, 1.807) is 16.5 Å². The minimum atomic E-state index is -3.94. The van der Waals surface area contributed by atoms with Crippen LogP contribution in [0.1, 0.15) is 16.8 Å². The third-order valence-corrected chi connectivity index (χ3v) is 7.44. The zero-order valence-corrected chi connectivity index (χ0v) is 20.3. The van der Waals surface area contributed by atoms with Gasteiger partial charge in [0.25, 0.3) is 15.6 Å². The number of benzene rings is 2. The highest BCUT2D eigenvalue weighted by Crippen LogP contribution is 2.25. The van der Waals surface area contributed by atoms with Crippen molar-refractivity contribution >= 4 is 38.0 Å². The van der Waals surface area contributed by atoms with Gasteiger partial charge in [-0.1, -0.05) is 29.8 Å². The Labute approximate surface area is 200 Å². The second kappa shape index (κ2) is 9.27. The van der Waals surface area contributed by atoms with Crippen molar-refractivity contribution in [2.75, 3.05) is 11.9 Å². The minimum Gasteiger partial charge on any atom is -0.385 e. The van der Waals surface area contributed by atoms with Crippen molar-refractivity contribution in [2.45, 2.75) is 25.2 Å². The van der Waals surface area contributed by atoms with E-state index in [0.717, 1.165) is 16.8 Å². The fraction of sp³-hybridized carbons (Fsp3) is 0.174. The van der Waals surface area contributed by atoms with Crippen LogP contribution >= 0.6 is 11.3 Å².